The number of rotatable bonds is 5. The average Bonchev–Trinajstić information content (AvgIpc) is 3.42. The van der Waals surface area contributed by atoms with E-state index in [1.165, 1.54) is 6.20 Å². The minimum atomic E-state index is -1.34. The molecule has 178 valence electrons. The van der Waals surface area contributed by atoms with Crippen molar-refractivity contribution in [3.05, 3.63) is 33.9 Å². The Bertz CT molecular complexity index is 1170. The van der Waals surface area contributed by atoms with Crippen LogP contribution in [0.4, 0.5) is 15.0 Å². The fraction of sp³-hybridized carbons (Fsp3) is 0.565. The predicted molar refractivity (Wildman–Crippen MR) is 120 cm³/mol. The summed E-state index contributed by atoms with van der Waals surface area (Å²) in [5.41, 5.74) is -1.41. The summed E-state index contributed by atoms with van der Waals surface area (Å²) >= 11 is 0. The Kier molecular flexibility index (Phi) is 5.79. The molecular formula is C23H29FN4O5. The van der Waals surface area contributed by atoms with E-state index in [1.54, 1.807) is 30.2 Å². The van der Waals surface area contributed by atoms with Gasteiger partial charge in [-0.1, -0.05) is 0 Å². The molecule has 9 nitrogen and oxygen atoms in total. The monoisotopic (exact) mass is 460 g/mol. The third kappa shape index (κ3) is 4.79. The first-order valence-corrected chi connectivity index (χ1v) is 11.2. The number of amides is 1. The number of hydrogen-bond acceptors (Lipinski definition) is 6. The standard InChI is InChI=1S/C23H29FN4O5/c1-12(25-22(32)33-23(2,3)4)13-7-8-27(10-13)20-17(24)9-15-18(29)16(21(30)31)11-28(14-5-6-14)19(15)26-20/h9,11-14H,5-8,10H2,1-4H3,(H,25,32)(H,30,31)/t12-,13-/m0/s1. The van der Waals surface area contributed by atoms with Crippen LogP contribution in [0, 0.1) is 11.7 Å². The number of anilines is 1. The Balaban J connectivity index is 1.59. The fourth-order valence-corrected chi connectivity index (χ4v) is 4.24. The summed E-state index contributed by atoms with van der Waals surface area (Å²) in [5, 5.41) is 12.2. The number of carbonyl (C=O) groups excluding carboxylic acids is 1. The molecule has 2 N–H and O–H groups in total. The van der Waals surface area contributed by atoms with Gasteiger partial charge in [0.1, 0.15) is 16.8 Å². The molecule has 1 amide bonds. The minimum absolute atomic E-state index is 0.0289. The second-order valence-electron chi connectivity index (χ2n) is 9.91. The molecule has 33 heavy (non-hydrogen) atoms. The first kappa shape index (κ1) is 23.0. The minimum Gasteiger partial charge on any atom is -0.477 e. The summed E-state index contributed by atoms with van der Waals surface area (Å²) < 4.78 is 22.1. The smallest absolute Gasteiger partial charge is 0.407 e. The van der Waals surface area contributed by atoms with Gasteiger partial charge in [-0.15, -0.1) is 0 Å². The van der Waals surface area contributed by atoms with Gasteiger partial charge in [0.2, 0.25) is 5.43 Å². The molecule has 0 spiro atoms. The van der Waals surface area contributed by atoms with Crippen LogP contribution < -0.4 is 15.6 Å². The first-order chi connectivity index (χ1) is 15.4. The number of aromatic carboxylic acids is 1. The van der Waals surface area contributed by atoms with Crippen molar-refractivity contribution in [2.45, 2.75) is 64.6 Å². The number of hydrogen-bond donors (Lipinski definition) is 2. The third-order valence-electron chi connectivity index (χ3n) is 6.09. The van der Waals surface area contributed by atoms with Crippen LogP contribution in [0.15, 0.2) is 17.1 Å². The highest BCUT2D eigenvalue weighted by Crippen LogP contribution is 2.37. The molecule has 0 aromatic carbocycles. The molecule has 0 unspecified atom stereocenters. The summed E-state index contributed by atoms with van der Waals surface area (Å²) in [6.45, 7) is 8.30. The zero-order valence-electron chi connectivity index (χ0n) is 19.2. The van der Waals surface area contributed by atoms with Crippen molar-refractivity contribution < 1.29 is 23.8 Å². The number of aromatic nitrogens is 2. The van der Waals surface area contributed by atoms with Gasteiger partial charge in [-0.2, -0.15) is 0 Å². The highest BCUT2D eigenvalue weighted by molar-refractivity contribution is 5.92. The molecule has 0 bridgehead atoms. The Labute approximate surface area is 190 Å². The van der Waals surface area contributed by atoms with Crippen molar-refractivity contribution in [1.29, 1.82) is 0 Å². The Morgan fingerprint density at radius 2 is 2.00 bits per heavy atom. The maximum atomic E-state index is 15.1. The van der Waals surface area contributed by atoms with Crippen LogP contribution in [0.25, 0.3) is 11.0 Å². The topological polar surface area (TPSA) is 114 Å². The van der Waals surface area contributed by atoms with Gasteiger partial charge in [-0.3, -0.25) is 4.79 Å². The van der Waals surface area contributed by atoms with Gasteiger partial charge in [0.15, 0.2) is 11.6 Å². The molecule has 4 rings (SSSR count). The quantitative estimate of drug-likeness (QED) is 0.704. The number of pyridine rings is 2. The molecule has 0 radical (unpaired) electrons. The molecule has 1 saturated carbocycles. The fourth-order valence-electron chi connectivity index (χ4n) is 4.24. The second-order valence-corrected chi connectivity index (χ2v) is 9.91. The normalized spacial score (nSPS) is 19.5. The lowest BCUT2D eigenvalue weighted by Gasteiger charge is -2.25. The molecule has 1 aliphatic heterocycles. The third-order valence-corrected chi connectivity index (χ3v) is 6.09. The molecule has 2 aliphatic rings. The van der Waals surface area contributed by atoms with Crippen LogP contribution in [-0.2, 0) is 4.74 Å². The van der Waals surface area contributed by atoms with E-state index in [0.717, 1.165) is 25.3 Å². The lowest BCUT2D eigenvalue weighted by Crippen LogP contribution is -2.42. The molecule has 2 aromatic rings. The molecule has 1 aliphatic carbocycles. The number of ether oxygens (including phenoxy) is 1. The van der Waals surface area contributed by atoms with Gasteiger partial charge in [0, 0.05) is 31.4 Å². The van der Waals surface area contributed by atoms with E-state index in [4.69, 9.17) is 4.74 Å². The van der Waals surface area contributed by atoms with Crippen molar-refractivity contribution in [3.8, 4) is 0 Å². The number of carboxylic acids is 1. The van der Waals surface area contributed by atoms with E-state index >= 15 is 4.39 Å². The first-order valence-electron chi connectivity index (χ1n) is 11.2. The van der Waals surface area contributed by atoms with Gasteiger partial charge >= 0.3 is 12.1 Å². The molecular weight excluding hydrogens is 431 g/mol. The zero-order valence-corrected chi connectivity index (χ0v) is 19.2. The van der Waals surface area contributed by atoms with Crippen molar-refractivity contribution in [2.24, 2.45) is 5.92 Å². The van der Waals surface area contributed by atoms with Crippen LogP contribution in [0.2, 0.25) is 0 Å². The summed E-state index contributed by atoms with van der Waals surface area (Å²) in [6, 6.07) is 0.971. The van der Waals surface area contributed by atoms with Crippen molar-refractivity contribution in [1.82, 2.24) is 14.9 Å². The number of fused-ring (bicyclic) bond motifs is 1. The van der Waals surface area contributed by atoms with Crippen LogP contribution >= 0.6 is 0 Å². The molecule has 10 heteroatoms. The SMILES string of the molecule is C[C@H](NC(=O)OC(C)(C)C)[C@H]1CCN(c2nc3c(cc2F)c(=O)c(C(=O)O)cn3C2CC2)C1. The number of halogens is 1. The molecule has 2 atom stereocenters. The lowest BCUT2D eigenvalue weighted by molar-refractivity contribution is 0.0494. The van der Waals surface area contributed by atoms with E-state index in [9.17, 15) is 19.5 Å². The van der Waals surface area contributed by atoms with Crippen molar-refractivity contribution >= 4 is 28.9 Å². The van der Waals surface area contributed by atoms with Gasteiger partial charge in [0.05, 0.1) is 5.39 Å². The van der Waals surface area contributed by atoms with E-state index in [-0.39, 0.29) is 34.8 Å². The summed E-state index contributed by atoms with van der Waals surface area (Å²) in [4.78, 5) is 42.5. The van der Waals surface area contributed by atoms with Crippen LogP contribution in [-0.4, -0.2) is 51.5 Å². The van der Waals surface area contributed by atoms with Crippen LogP contribution in [0.5, 0.6) is 0 Å². The maximum Gasteiger partial charge on any atom is 0.407 e. The van der Waals surface area contributed by atoms with Crippen molar-refractivity contribution in [3.63, 3.8) is 0 Å². The molecule has 1 saturated heterocycles. The summed E-state index contributed by atoms with van der Waals surface area (Å²) in [6.07, 6.45) is 3.25. The van der Waals surface area contributed by atoms with Gasteiger partial charge in [0.25, 0.3) is 0 Å². The van der Waals surface area contributed by atoms with Gasteiger partial charge in [-0.05, 0) is 58.9 Å². The number of nitrogens with one attached hydrogen (secondary N) is 1. The number of carboxylic acid groups (broad SMARTS) is 1. The van der Waals surface area contributed by atoms with Gasteiger partial charge in [-0.25, -0.2) is 19.0 Å². The lowest BCUT2D eigenvalue weighted by atomic mass is 10.0. The molecule has 2 fully saturated rings. The number of alkyl carbamates (subject to hydrolysis) is 1. The van der Waals surface area contributed by atoms with Crippen molar-refractivity contribution in [2.75, 3.05) is 18.0 Å². The Morgan fingerprint density at radius 1 is 1.30 bits per heavy atom. The van der Waals surface area contributed by atoms with Crippen LogP contribution in [0.3, 0.4) is 0 Å². The zero-order chi connectivity index (χ0) is 24.1. The highest BCUT2D eigenvalue weighted by Gasteiger charge is 2.33. The van der Waals surface area contributed by atoms with E-state index in [2.05, 4.69) is 10.3 Å². The number of nitrogens with zero attached hydrogens (tertiary/aromatic N) is 3. The van der Waals surface area contributed by atoms with Gasteiger partial charge < -0.3 is 24.6 Å². The molecule has 2 aromatic heterocycles. The summed E-state index contributed by atoms with van der Waals surface area (Å²) in [7, 11) is 0. The van der Waals surface area contributed by atoms with E-state index in [1.807, 2.05) is 6.92 Å². The summed E-state index contributed by atoms with van der Waals surface area (Å²) in [5.74, 6) is -1.81. The molecule has 3 heterocycles. The number of carbonyl (C=O) groups is 2. The van der Waals surface area contributed by atoms with E-state index in [0.29, 0.717) is 18.7 Å². The predicted octanol–water partition coefficient (Wildman–Crippen LogP) is 3.31. The van der Waals surface area contributed by atoms with E-state index < -0.39 is 28.9 Å². The highest BCUT2D eigenvalue weighted by atomic mass is 19.1. The average molecular weight is 461 g/mol. The van der Waals surface area contributed by atoms with Crippen LogP contribution in [0.1, 0.15) is 63.4 Å². The maximum absolute atomic E-state index is 15.1. The Morgan fingerprint density at radius 3 is 2.61 bits per heavy atom. The Hall–Kier alpha value is -3.17. The second kappa shape index (κ2) is 8.31. The largest absolute Gasteiger partial charge is 0.477 e.